The zero-order chi connectivity index (χ0) is 43.0. The number of imidazole rings is 1. The van der Waals surface area contributed by atoms with Crippen LogP contribution in [0.5, 0.6) is 0 Å². The monoisotopic (exact) mass is 835 g/mol. The maximum absolute atomic E-state index is 14.1. The first-order chi connectivity index (χ1) is 28.6. The number of hydrogen-bond donors (Lipinski definition) is 4. The molecule has 0 unspecified atom stereocenters. The second-order valence-electron chi connectivity index (χ2n) is 17.8. The Morgan fingerprint density at radius 1 is 0.833 bits per heavy atom. The molecular formula is C45H57N7O7Si. The van der Waals surface area contributed by atoms with Gasteiger partial charge in [0.1, 0.15) is 17.9 Å². The standard InChI is InChI=1S/C45H57N7O7Si/c1-25(2)37(49-44(56)58-5)42(54)51-19-9-10-35(51)34-21-31(22-46-34)28-13-11-27(12-14-28)29-15-17-32-30(20-29)16-18-33-38(32)48-41(47-33)36-23-60(7,8)24-52(36)43(55)39(40(53)26(3)4)50-45(57)59-6/h11-18,20,22,25-26,35-37,39-40,53H,9-10,19,21,23-24H2,1-8H3,(H,47,48)(H,49,56)(H,50,57)/t35-,36-,37-,39-,40+/m0/s1. The van der Waals surface area contributed by atoms with Crippen LogP contribution in [-0.2, 0) is 19.1 Å². The minimum atomic E-state index is -1.88. The second kappa shape index (κ2) is 17.2. The number of rotatable bonds is 11. The number of H-pyrrole nitrogens is 1. The number of methoxy groups -OCH3 is 2. The molecule has 0 spiro atoms. The summed E-state index contributed by atoms with van der Waals surface area (Å²) in [7, 11) is 0.656. The van der Waals surface area contributed by atoms with E-state index in [9.17, 15) is 24.3 Å². The van der Waals surface area contributed by atoms with Crippen molar-refractivity contribution in [2.45, 2.75) is 96.4 Å². The van der Waals surface area contributed by atoms with Gasteiger partial charge in [0.05, 0.1) is 51.5 Å². The van der Waals surface area contributed by atoms with E-state index in [1.165, 1.54) is 14.2 Å². The average molecular weight is 836 g/mol. The zero-order valence-corrected chi connectivity index (χ0v) is 36.7. The number of amides is 4. The van der Waals surface area contributed by atoms with E-state index >= 15 is 0 Å². The van der Waals surface area contributed by atoms with Gasteiger partial charge in [0, 0.05) is 36.4 Å². The highest BCUT2D eigenvalue weighted by atomic mass is 28.3. The van der Waals surface area contributed by atoms with Crippen molar-refractivity contribution in [3.05, 3.63) is 72.2 Å². The molecule has 0 bridgehead atoms. The van der Waals surface area contributed by atoms with Crippen LogP contribution in [0.3, 0.4) is 0 Å². The Labute approximate surface area is 351 Å². The molecule has 4 amide bonds. The van der Waals surface area contributed by atoms with Gasteiger partial charge in [-0.05, 0) is 70.5 Å². The number of nitrogens with one attached hydrogen (secondary N) is 3. The Balaban J connectivity index is 1.06. The summed E-state index contributed by atoms with van der Waals surface area (Å²) in [4.78, 5) is 69.1. The summed E-state index contributed by atoms with van der Waals surface area (Å²) in [6.07, 6.45) is 2.37. The SMILES string of the molecule is COC(=O)N[C@H](C(=O)N1CCC[C@H]1C1=NC=C(c2ccc(-c3ccc4c(ccc5[nH]c([C@@H]6C[Si](C)(C)CN6C(=O)[C@@H](NC(=O)OC)[C@H](O)C(C)C)nc54)c3)cc2)C1)C(C)C. The number of aliphatic imine (C=N–C) groups is 1. The van der Waals surface area contributed by atoms with Gasteiger partial charge in [0.25, 0.3) is 0 Å². The summed E-state index contributed by atoms with van der Waals surface area (Å²) in [5.74, 6) is -0.130. The Hall–Kier alpha value is -5.54. The molecular weight excluding hydrogens is 779 g/mol. The van der Waals surface area contributed by atoms with E-state index < -0.39 is 38.4 Å². The molecule has 60 heavy (non-hydrogen) atoms. The summed E-state index contributed by atoms with van der Waals surface area (Å²) in [5, 5.41) is 18.3. The lowest BCUT2D eigenvalue weighted by Gasteiger charge is -2.32. The predicted octanol–water partition coefficient (Wildman–Crippen LogP) is 6.81. The lowest BCUT2D eigenvalue weighted by molar-refractivity contribution is -0.138. The number of aliphatic hydroxyl groups excluding tert-OH is 1. The normalized spacial score (nSPS) is 20.3. The van der Waals surface area contributed by atoms with E-state index in [0.29, 0.717) is 25.0 Å². The van der Waals surface area contributed by atoms with Crippen molar-refractivity contribution in [2.75, 3.05) is 26.9 Å². The highest BCUT2D eigenvalue weighted by Crippen LogP contribution is 2.39. The van der Waals surface area contributed by atoms with Crippen molar-refractivity contribution in [3.63, 3.8) is 0 Å². The predicted molar refractivity (Wildman–Crippen MR) is 235 cm³/mol. The molecule has 0 aliphatic carbocycles. The number of hydrogen-bond acceptors (Lipinski definition) is 9. The van der Waals surface area contributed by atoms with E-state index in [0.717, 1.165) is 68.7 Å². The van der Waals surface area contributed by atoms with Crippen LogP contribution in [0.25, 0.3) is 38.5 Å². The molecule has 5 atom stereocenters. The van der Waals surface area contributed by atoms with Crippen LogP contribution in [0, 0.1) is 11.8 Å². The van der Waals surface area contributed by atoms with Gasteiger partial charge in [0.15, 0.2) is 0 Å². The quantitative estimate of drug-likeness (QED) is 0.119. The molecule has 1 aromatic heterocycles. The topological polar surface area (TPSA) is 179 Å². The fourth-order valence-corrected chi connectivity index (χ4v) is 11.8. The van der Waals surface area contributed by atoms with Crippen LogP contribution >= 0.6 is 0 Å². The van der Waals surface area contributed by atoms with Crippen LogP contribution in [0.2, 0.25) is 19.1 Å². The molecule has 4 aromatic rings. The van der Waals surface area contributed by atoms with Crippen molar-refractivity contribution in [3.8, 4) is 11.1 Å². The van der Waals surface area contributed by atoms with E-state index in [1.54, 1.807) is 4.90 Å². The number of carbonyl (C=O) groups is 4. The third-order valence-corrected chi connectivity index (χ3v) is 14.9. The van der Waals surface area contributed by atoms with Gasteiger partial charge in [0.2, 0.25) is 11.8 Å². The number of aromatic nitrogens is 2. The van der Waals surface area contributed by atoms with E-state index in [2.05, 4.69) is 77.2 Å². The Bertz CT molecular complexity index is 2350. The van der Waals surface area contributed by atoms with Crippen LogP contribution in [0.15, 0.2) is 65.8 Å². The number of allylic oxidation sites excluding steroid dienone is 1. The van der Waals surface area contributed by atoms with Crippen LogP contribution in [0.1, 0.15) is 64.4 Å². The number of benzene rings is 3. The smallest absolute Gasteiger partial charge is 0.407 e. The molecule has 3 aliphatic heterocycles. The van der Waals surface area contributed by atoms with Gasteiger partial charge in [-0.15, -0.1) is 0 Å². The number of aromatic amines is 1. The van der Waals surface area contributed by atoms with Gasteiger partial charge in [-0.2, -0.15) is 0 Å². The number of aliphatic hydroxyl groups is 1. The molecule has 0 radical (unpaired) electrons. The van der Waals surface area contributed by atoms with Gasteiger partial charge in [-0.1, -0.05) is 83.3 Å². The first-order valence-corrected chi connectivity index (χ1v) is 24.3. The summed E-state index contributed by atoms with van der Waals surface area (Å²) in [6, 6.07) is 17.5. The first kappa shape index (κ1) is 42.6. The summed E-state index contributed by atoms with van der Waals surface area (Å²) in [6.45, 7) is 12.5. The maximum Gasteiger partial charge on any atom is 0.407 e. The van der Waals surface area contributed by atoms with Crippen molar-refractivity contribution >= 4 is 65.2 Å². The minimum Gasteiger partial charge on any atom is -0.453 e. The summed E-state index contributed by atoms with van der Waals surface area (Å²) in [5.41, 5.74) is 6.96. The maximum atomic E-state index is 14.1. The third-order valence-electron chi connectivity index (χ3n) is 12.2. The first-order valence-electron chi connectivity index (χ1n) is 20.9. The number of alkyl carbamates (subject to hydrolysis) is 2. The van der Waals surface area contributed by atoms with E-state index in [4.69, 9.17) is 19.5 Å². The fraction of sp³-hybridized carbons (Fsp3) is 0.467. The van der Waals surface area contributed by atoms with Crippen LogP contribution in [-0.4, -0.2) is 114 Å². The van der Waals surface area contributed by atoms with Crippen molar-refractivity contribution < 1.29 is 33.8 Å². The Kier molecular flexibility index (Phi) is 12.2. The lowest BCUT2D eigenvalue weighted by Crippen LogP contribution is -2.56. The average Bonchev–Trinajstić information content (AvgIpc) is 4.06. The van der Waals surface area contributed by atoms with Gasteiger partial charge in [-0.25, -0.2) is 14.6 Å². The molecule has 3 aliphatic rings. The molecule has 2 fully saturated rings. The van der Waals surface area contributed by atoms with Gasteiger partial charge < -0.3 is 40.0 Å². The van der Waals surface area contributed by atoms with Crippen molar-refractivity contribution in [2.24, 2.45) is 16.8 Å². The number of nitrogens with zero attached hydrogens (tertiary/aromatic N) is 4. The number of carbonyl (C=O) groups excluding carboxylic acids is 4. The molecule has 4 N–H and O–H groups in total. The largest absolute Gasteiger partial charge is 0.453 e. The Morgan fingerprint density at radius 2 is 1.48 bits per heavy atom. The van der Waals surface area contributed by atoms with Crippen LogP contribution < -0.4 is 10.6 Å². The fourth-order valence-electron chi connectivity index (χ4n) is 8.91. The molecule has 15 heteroatoms. The molecule has 318 valence electrons. The second-order valence-corrected chi connectivity index (χ2v) is 22.8. The van der Waals surface area contributed by atoms with Gasteiger partial charge in [-0.3, -0.25) is 14.6 Å². The van der Waals surface area contributed by atoms with Crippen molar-refractivity contribution in [1.29, 1.82) is 0 Å². The zero-order valence-electron chi connectivity index (χ0n) is 35.7. The number of likely N-dealkylation sites (tertiary alicyclic amines) is 1. The number of fused-ring (bicyclic) bond motifs is 3. The van der Waals surface area contributed by atoms with Gasteiger partial charge >= 0.3 is 12.2 Å². The Morgan fingerprint density at radius 3 is 2.15 bits per heavy atom. The number of ether oxygens (including phenoxy) is 2. The van der Waals surface area contributed by atoms with E-state index in [-0.39, 0.29) is 35.7 Å². The molecule has 2 saturated heterocycles. The molecule has 4 heterocycles. The minimum absolute atomic E-state index is 0.0944. The van der Waals surface area contributed by atoms with Crippen molar-refractivity contribution in [1.82, 2.24) is 30.4 Å². The lowest BCUT2D eigenvalue weighted by atomic mass is 9.95. The molecule has 14 nitrogen and oxygen atoms in total. The summed E-state index contributed by atoms with van der Waals surface area (Å²) < 4.78 is 9.58. The third kappa shape index (κ3) is 8.55. The molecule has 7 rings (SSSR count). The molecule has 3 aromatic carbocycles. The summed E-state index contributed by atoms with van der Waals surface area (Å²) >= 11 is 0. The molecule has 0 saturated carbocycles. The van der Waals surface area contributed by atoms with Crippen LogP contribution in [0.4, 0.5) is 9.59 Å². The highest BCUT2D eigenvalue weighted by Gasteiger charge is 2.47. The van der Waals surface area contributed by atoms with E-state index in [1.807, 2.05) is 44.9 Å². The highest BCUT2D eigenvalue weighted by molar-refractivity contribution is 6.78.